The maximum Gasteiger partial charge on any atom is 0.420 e. The fourth-order valence-electron chi connectivity index (χ4n) is 3.48. The molecule has 3 N–H and O–H groups in total. The second-order valence-corrected chi connectivity index (χ2v) is 10.8. The molecule has 1 amide bonds. The molecule has 0 aliphatic carbocycles. The molecule has 8 nitrogen and oxygen atoms in total. The lowest BCUT2D eigenvalue weighted by Crippen LogP contribution is -2.47. The Morgan fingerprint density at radius 1 is 1.39 bits per heavy atom. The molecule has 0 saturated carbocycles. The maximum atomic E-state index is 13.6. The van der Waals surface area contributed by atoms with Gasteiger partial charge in [0.2, 0.25) is 21.9 Å². The predicted molar refractivity (Wildman–Crippen MR) is 111 cm³/mol. The molecule has 0 radical (unpaired) electrons. The summed E-state index contributed by atoms with van der Waals surface area (Å²) in [6.45, 7) is 4.03. The standard InChI is InChI=1S/C18H22F3N5O3S2/c1-9-8-26(31(3,28)29)5-4-13(9)24-17-23-7-12(18(19,20)21)15(25-17)14-6-11(16(22)27)10(2)30-14/h6-7,9,13H,4-5,8H2,1-3H3,(H2,22,27)(H,23,24,25)/t9-,13+/m1/s1. The first-order valence-electron chi connectivity index (χ1n) is 9.34. The molecule has 2 aromatic rings. The van der Waals surface area contributed by atoms with Crippen molar-refractivity contribution in [3.8, 4) is 10.6 Å². The molecule has 13 heteroatoms. The summed E-state index contributed by atoms with van der Waals surface area (Å²) in [6, 6.07) is 1.09. The van der Waals surface area contributed by atoms with Crippen molar-refractivity contribution in [2.45, 2.75) is 32.5 Å². The number of nitrogens with zero attached hydrogens (tertiary/aromatic N) is 3. The number of carbonyl (C=O) groups excluding carboxylic acids is 1. The fourth-order valence-corrected chi connectivity index (χ4v) is 5.45. The molecule has 1 aliphatic rings. The largest absolute Gasteiger partial charge is 0.420 e. The van der Waals surface area contributed by atoms with Crippen molar-refractivity contribution in [1.82, 2.24) is 14.3 Å². The predicted octanol–water partition coefficient (Wildman–Crippen LogP) is 2.71. The molecule has 0 aromatic carbocycles. The Labute approximate surface area is 181 Å². The van der Waals surface area contributed by atoms with Gasteiger partial charge in [-0.25, -0.2) is 22.7 Å². The third-order valence-corrected chi connectivity index (χ3v) is 7.49. The van der Waals surface area contributed by atoms with Gasteiger partial charge in [0.15, 0.2) is 0 Å². The van der Waals surface area contributed by atoms with E-state index in [4.69, 9.17) is 5.73 Å². The van der Waals surface area contributed by atoms with Crippen LogP contribution in [0.4, 0.5) is 19.1 Å². The minimum absolute atomic E-state index is 0.000617. The number of aromatic nitrogens is 2. The summed E-state index contributed by atoms with van der Waals surface area (Å²) >= 11 is 0.992. The average molecular weight is 478 g/mol. The molecule has 1 saturated heterocycles. The second kappa shape index (κ2) is 8.36. The average Bonchev–Trinajstić information content (AvgIpc) is 3.03. The molecular formula is C18H22F3N5O3S2. The summed E-state index contributed by atoms with van der Waals surface area (Å²) in [5.41, 5.74) is 4.08. The van der Waals surface area contributed by atoms with Crippen molar-refractivity contribution < 1.29 is 26.4 Å². The van der Waals surface area contributed by atoms with Crippen molar-refractivity contribution in [3.63, 3.8) is 0 Å². The Balaban J connectivity index is 1.93. The minimum Gasteiger partial charge on any atom is -0.366 e. The number of carbonyl (C=O) groups is 1. The molecule has 1 aliphatic heterocycles. The monoisotopic (exact) mass is 477 g/mol. The highest BCUT2D eigenvalue weighted by atomic mass is 32.2. The lowest BCUT2D eigenvalue weighted by atomic mass is 9.95. The van der Waals surface area contributed by atoms with Gasteiger partial charge in [0.05, 0.1) is 22.4 Å². The number of amides is 1. The summed E-state index contributed by atoms with van der Waals surface area (Å²) in [6.07, 6.45) is -2.38. The van der Waals surface area contributed by atoms with Gasteiger partial charge >= 0.3 is 6.18 Å². The SMILES string of the molecule is Cc1sc(-c2nc(N[C@H]3CCN(S(C)(=O)=O)C[C@H]3C)ncc2C(F)(F)F)cc1C(N)=O. The number of piperidine rings is 1. The van der Waals surface area contributed by atoms with Gasteiger partial charge in [0.1, 0.15) is 5.56 Å². The number of nitrogens with two attached hydrogens (primary N) is 1. The van der Waals surface area contributed by atoms with Gasteiger partial charge in [-0.05, 0) is 25.3 Å². The topological polar surface area (TPSA) is 118 Å². The lowest BCUT2D eigenvalue weighted by Gasteiger charge is -2.35. The number of halogens is 3. The van der Waals surface area contributed by atoms with Crippen LogP contribution < -0.4 is 11.1 Å². The van der Waals surface area contributed by atoms with Crippen molar-refractivity contribution in [3.05, 3.63) is 28.3 Å². The van der Waals surface area contributed by atoms with E-state index >= 15 is 0 Å². The van der Waals surface area contributed by atoms with Gasteiger partial charge in [-0.15, -0.1) is 11.3 Å². The zero-order valence-corrected chi connectivity index (χ0v) is 18.7. The van der Waals surface area contributed by atoms with Crippen LogP contribution in [0, 0.1) is 12.8 Å². The summed E-state index contributed by atoms with van der Waals surface area (Å²) in [4.78, 5) is 20.1. The van der Waals surface area contributed by atoms with Gasteiger partial charge in [-0.3, -0.25) is 4.79 Å². The van der Waals surface area contributed by atoms with Crippen LogP contribution >= 0.6 is 11.3 Å². The van der Waals surface area contributed by atoms with Crippen molar-refractivity contribution in [2.75, 3.05) is 24.7 Å². The van der Waals surface area contributed by atoms with Gasteiger partial charge in [0.25, 0.3) is 0 Å². The van der Waals surface area contributed by atoms with E-state index in [1.165, 1.54) is 10.4 Å². The quantitative estimate of drug-likeness (QED) is 0.684. The molecule has 31 heavy (non-hydrogen) atoms. The molecule has 3 heterocycles. The molecular weight excluding hydrogens is 455 g/mol. The third-order valence-electron chi connectivity index (χ3n) is 5.16. The molecule has 0 bridgehead atoms. The van der Waals surface area contributed by atoms with E-state index in [9.17, 15) is 26.4 Å². The van der Waals surface area contributed by atoms with E-state index in [0.29, 0.717) is 24.0 Å². The highest BCUT2D eigenvalue weighted by Gasteiger charge is 2.37. The molecule has 2 aromatic heterocycles. The number of primary amides is 1. The van der Waals surface area contributed by atoms with Crippen LogP contribution in [0.15, 0.2) is 12.3 Å². The highest BCUT2D eigenvalue weighted by Crippen LogP contribution is 2.39. The van der Waals surface area contributed by atoms with Crippen LogP contribution in [-0.4, -0.2) is 54.0 Å². The Morgan fingerprint density at radius 2 is 2.06 bits per heavy atom. The van der Waals surface area contributed by atoms with Crippen molar-refractivity contribution >= 4 is 33.2 Å². The van der Waals surface area contributed by atoms with Crippen LogP contribution in [0.3, 0.4) is 0 Å². The van der Waals surface area contributed by atoms with E-state index in [1.54, 1.807) is 6.92 Å². The van der Waals surface area contributed by atoms with Crippen LogP contribution in [0.25, 0.3) is 10.6 Å². The number of thiophene rings is 1. The minimum atomic E-state index is -4.69. The molecule has 0 unspecified atom stereocenters. The van der Waals surface area contributed by atoms with Gasteiger partial charge in [-0.1, -0.05) is 6.92 Å². The molecule has 0 spiro atoms. The van der Waals surface area contributed by atoms with Gasteiger partial charge < -0.3 is 11.1 Å². The normalized spacial score (nSPS) is 20.6. The molecule has 170 valence electrons. The Kier molecular flexibility index (Phi) is 6.31. The Hall–Kier alpha value is -2.25. The number of nitrogens with one attached hydrogen (secondary N) is 1. The number of rotatable bonds is 5. The number of hydrogen-bond acceptors (Lipinski definition) is 7. The zero-order chi connectivity index (χ0) is 23.1. The Bertz CT molecular complexity index is 1100. The van der Waals surface area contributed by atoms with Crippen molar-refractivity contribution in [2.24, 2.45) is 11.7 Å². The summed E-state index contributed by atoms with van der Waals surface area (Å²) in [7, 11) is -3.32. The first-order chi connectivity index (χ1) is 14.3. The van der Waals surface area contributed by atoms with Crippen LogP contribution in [0.2, 0.25) is 0 Å². The zero-order valence-electron chi connectivity index (χ0n) is 17.0. The van der Waals surface area contributed by atoms with E-state index in [0.717, 1.165) is 17.6 Å². The number of alkyl halides is 3. The second-order valence-electron chi connectivity index (χ2n) is 7.54. The molecule has 1 fully saturated rings. The number of anilines is 1. The van der Waals surface area contributed by atoms with E-state index in [-0.39, 0.29) is 40.6 Å². The molecule has 2 atom stereocenters. The highest BCUT2D eigenvalue weighted by molar-refractivity contribution is 7.88. The smallest absolute Gasteiger partial charge is 0.366 e. The molecule has 3 rings (SSSR count). The maximum absolute atomic E-state index is 13.6. The lowest BCUT2D eigenvalue weighted by molar-refractivity contribution is -0.137. The number of sulfonamides is 1. The van der Waals surface area contributed by atoms with E-state index in [1.807, 2.05) is 6.92 Å². The van der Waals surface area contributed by atoms with Crippen LogP contribution in [-0.2, 0) is 16.2 Å². The van der Waals surface area contributed by atoms with Crippen LogP contribution in [0.5, 0.6) is 0 Å². The fraction of sp³-hybridized carbons (Fsp3) is 0.500. The van der Waals surface area contributed by atoms with Gasteiger partial charge in [0, 0.05) is 30.2 Å². The van der Waals surface area contributed by atoms with Crippen molar-refractivity contribution in [1.29, 1.82) is 0 Å². The number of aryl methyl sites for hydroxylation is 1. The number of hydrogen-bond donors (Lipinski definition) is 2. The first kappa shape index (κ1) is 23.4. The Morgan fingerprint density at radius 3 is 2.58 bits per heavy atom. The summed E-state index contributed by atoms with van der Waals surface area (Å²) in [5.74, 6) is -0.838. The van der Waals surface area contributed by atoms with Crippen LogP contribution in [0.1, 0.15) is 34.1 Å². The summed E-state index contributed by atoms with van der Waals surface area (Å²) < 4.78 is 65.5. The van der Waals surface area contributed by atoms with E-state index in [2.05, 4.69) is 15.3 Å². The third kappa shape index (κ3) is 5.15. The van der Waals surface area contributed by atoms with E-state index < -0.39 is 27.7 Å². The van der Waals surface area contributed by atoms with Gasteiger partial charge in [-0.2, -0.15) is 13.2 Å². The summed E-state index contributed by atoms with van der Waals surface area (Å²) in [5, 5.41) is 3.04. The first-order valence-corrected chi connectivity index (χ1v) is 12.0.